The Hall–Kier alpha value is -2.32. The van der Waals surface area contributed by atoms with Crippen LogP contribution in [0.25, 0.3) is 0 Å². The Morgan fingerprint density at radius 2 is 1.79 bits per heavy atom. The fourth-order valence-corrected chi connectivity index (χ4v) is 3.73. The Morgan fingerprint density at radius 3 is 2.54 bits per heavy atom. The molecule has 2 aliphatic rings. The van der Waals surface area contributed by atoms with Crippen LogP contribution in [-0.2, 0) is 11.3 Å². The molecule has 4 rings (SSSR count). The first-order valence-corrected chi connectivity index (χ1v) is 9.75. The molecule has 0 aliphatic carbocycles. The average molecular weight is 389 g/mol. The van der Waals surface area contributed by atoms with E-state index >= 15 is 0 Å². The summed E-state index contributed by atoms with van der Waals surface area (Å²) in [6.45, 7) is 5.58. The molecule has 2 aromatic rings. The Balaban J connectivity index is 1.29. The average Bonchev–Trinajstić information content (AvgIpc) is 2.73. The molecule has 1 aromatic heterocycles. The summed E-state index contributed by atoms with van der Waals surface area (Å²) in [6, 6.07) is 6.47. The Labute approximate surface area is 163 Å². The number of likely N-dealkylation sites (tertiary alicyclic amines) is 1. The fourth-order valence-electron chi connectivity index (χ4n) is 3.73. The number of hydrogen-bond acceptors (Lipinski definition) is 6. The molecule has 0 saturated carbocycles. The van der Waals surface area contributed by atoms with Gasteiger partial charge in [-0.1, -0.05) is 6.07 Å². The van der Waals surface area contributed by atoms with Gasteiger partial charge < -0.3 is 15.0 Å². The minimum atomic E-state index is -0.798. The van der Waals surface area contributed by atoms with Crippen LogP contribution in [0.15, 0.2) is 30.6 Å². The second kappa shape index (κ2) is 8.79. The van der Waals surface area contributed by atoms with Crippen LogP contribution >= 0.6 is 0 Å². The third kappa shape index (κ3) is 4.74. The highest BCUT2D eigenvalue weighted by Gasteiger charge is 2.20. The van der Waals surface area contributed by atoms with E-state index in [1.165, 1.54) is 12.1 Å². The van der Waals surface area contributed by atoms with Crippen LogP contribution < -0.4 is 10.2 Å². The van der Waals surface area contributed by atoms with Gasteiger partial charge in [0.05, 0.1) is 13.2 Å². The zero-order chi connectivity index (χ0) is 19.3. The molecule has 0 spiro atoms. The fraction of sp³-hybridized carbons (Fsp3) is 0.500. The van der Waals surface area contributed by atoms with Gasteiger partial charge in [-0.25, -0.2) is 18.7 Å². The van der Waals surface area contributed by atoms with Gasteiger partial charge in [-0.3, -0.25) is 4.90 Å². The van der Waals surface area contributed by atoms with Crippen molar-refractivity contribution in [3.05, 3.63) is 47.8 Å². The molecule has 0 amide bonds. The molecule has 2 fully saturated rings. The van der Waals surface area contributed by atoms with Gasteiger partial charge in [-0.05, 0) is 30.5 Å². The van der Waals surface area contributed by atoms with Crippen LogP contribution in [0.3, 0.4) is 0 Å². The van der Waals surface area contributed by atoms with Crippen LogP contribution in [0.4, 0.5) is 20.4 Å². The highest BCUT2D eigenvalue weighted by Crippen LogP contribution is 2.20. The smallest absolute Gasteiger partial charge is 0.159 e. The summed E-state index contributed by atoms with van der Waals surface area (Å²) in [5.74, 6) is 0.189. The van der Waals surface area contributed by atoms with Gasteiger partial charge >= 0.3 is 0 Å². The van der Waals surface area contributed by atoms with E-state index in [0.29, 0.717) is 12.6 Å². The maximum atomic E-state index is 13.4. The minimum Gasteiger partial charge on any atom is -0.378 e. The lowest BCUT2D eigenvalue weighted by Gasteiger charge is -2.33. The number of nitrogens with one attached hydrogen (secondary N) is 1. The van der Waals surface area contributed by atoms with Crippen molar-refractivity contribution in [3.8, 4) is 0 Å². The zero-order valence-electron chi connectivity index (χ0n) is 15.8. The standard InChI is InChI=1S/C20H25F2N5O/c21-17-2-1-15(11-18(17)22)13-26-5-3-16(4-6-26)25-19-12-20(24-14-23-19)27-7-9-28-10-8-27/h1-2,11-12,14,16H,3-10,13H2,(H,23,24,25). The maximum Gasteiger partial charge on any atom is 0.159 e. The van der Waals surface area contributed by atoms with Crippen molar-refractivity contribution in [1.29, 1.82) is 0 Å². The molecule has 2 saturated heterocycles. The molecule has 0 bridgehead atoms. The van der Waals surface area contributed by atoms with Gasteiger partial charge in [0.2, 0.25) is 0 Å². The van der Waals surface area contributed by atoms with Crippen molar-refractivity contribution in [2.75, 3.05) is 49.6 Å². The number of nitrogens with zero attached hydrogens (tertiary/aromatic N) is 4. The molecule has 150 valence electrons. The van der Waals surface area contributed by atoms with Gasteiger partial charge in [0.25, 0.3) is 0 Å². The predicted molar refractivity (Wildman–Crippen MR) is 103 cm³/mol. The SMILES string of the molecule is Fc1ccc(CN2CCC(Nc3cc(N4CCOCC4)ncn3)CC2)cc1F. The number of halogens is 2. The number of anilines is 2. The lowest BCUT2D eigenvalue weighted by Crippen LogP contribution is -2.39. The molecular weight excluding hydrogens is 364 g/mol. The van der Waals surface area contributed by atoms with Gasteiger partial charge in [-0.15, -0.1) is 0 Å². The summed E-state index contributed by atoms with van der Waals surface area (Å²) in [5.41, 5.74) is 0.802. The monoisotopic (exact) mass is 389 g/mol. The maximum absolute atomic E-state index is 13.4. The Morgan fingerprint density at radius 1 is 1.00 bits per heavy atom. The Bertz CT molecular complexity index is 792. The summed E-state index contributed by atoms with van der Waals surface area (Å²) in [6.07, 6.45) is 3.55. The zero-order valence-corrected chi connectivity index (χ0v) is 15.8. The number of morpholine rings is 1. The van der Waals surface area contributed by atoms with Gasteiger partial charge in [0, 0.05) is 44.8 Å². The molecule has 0 radical (unpaired) electrons. The highest BCUT2D eigenvalue weighted by atomic mass is 19.2. The molecule has 3 heterocycles. The topological polar surface area (TPSA) is 53.5 Å². The molecule has 6 nitrogen and oxygen atoms in total. The van der Waals surface area contributed by atoms with E-state index in [-0.39, 0.29) is 0 Å². The van der Waals surface area contributed by atoms with Crippen molar-refractivity contribution >= 4 is 11.6 Å². The summed E-state index contributed by atoms with van der Waals surface area (Å²) in [5, 5.41) is 3.52. The largest absolute Gasteiger partial charge is 0.378 e. The second-order valence-corrected chi connectivity index (χ2v) is 7.30. The summed E-state index contributed by atoms with van der Waals surface area (Å²) in [4.78, 5) is 13.2. The highest BCUT2D eigenvalue weighted by molar-refractivity contribution is 5.49. The van der Waals surface area contributed by atoms with Crippen molar-refractivity contribution in [3.63, 3.8) is 0 Å². The Kier molecular flexibility index (Phi) is 5.97. The van der Waals surface area contributed by atoms with Crippen molar-refractivity contribution in [2.24, 2.45) is 0 Å². The van der Waals surface area contributed by atoms with E-state index in [1.807, 2.05) is 6.07 Å². The predicted octanol–water partition coefficient (Wildman–Crippen LogP) is 2.67. The first kappa shape index (κ1) is 19.0. The molecule has 0 unspecified atom stereocenters. The lowest BCUT2D eigenvalue weighted by atomic mass is 10.0. The van der Waals surface area contributed by atoms with Crippen LogP contribution in [0.2, 0.25) is 0 Å². The van der Waals surface area contributed by atoms with E-state index < -0.39 is 11.6 Å². The number of piperidine rings is 1. The summed E-state index contributed by atoms with van der Waals surface area (Å²) < 4.78 is 31.8. The van der Waals surface area contributed by atoms with E-state index in [1.54, 1.807) is 12.4 Å². The van der Waals surface area contributed by atoms with Crippen LogP contribution in [0.1, 0.15) is 18.4 Å². The van der Waals surface area contributed by atoms with E-state index in [9.17, 15) is 8.78 Å². The van der Waals surface area contributed by atoms with E-state index in [4.69, 9.17) is 4.74 Å². The van der Waals surface area contributed by atoms with Crippen molar-refractivity contribution in [1.82, 2.24) is 14.9 Å². The molecule has 1 aromatic carbocycles. The summed E-state index contributed by atoms with van der Waals surface area (Å²) in [7, 11) is 0. The quantitative estimate of drug-likeness (QED) is 0.849. The number of hydrogen-bond donors (Lipinski definition) is 1. The first-order chi connectivity index (χ1) is 13.7. The molecule has 2 aliphatic heterocycles. The third-order valence-corrected chi connectivity index (χ3v) is 5.32. The molecule has 8 heteroatoms. The van der Waals surface area contributed by atoms with Gasteiger partial charge in [0.15, 0.2) is 11.6 Å². The molecule has 0 atom stereocenters. The number of benzene rings is 1. The number of aromatic nitrogens is 2. The van der Waals surface area contributed by atoms with Crippen LogP contribution in [0, 0.1) is 11.6 Å². The normalized spacial score (nSPS) is 19.0. The number of rotatable bonds is 5. The molecule has 1 N–H and O–H groups in total. The van der Waals surface area contributed by atoms with Gasteiger partial charge in [-0.2, -0.15) is 0 Å². The van der Waals surface area contributed by atoms with Crippen molar-refractivity contribution in [2.45, 2.75) is 25.4 Å². The third-order valence-electron chi connectivity index (χ3n) is 5.32. The molecular formula is C20H25F2N5O. The van der Waals surface area contributed by atoms with Crippen LogP contribution in [-0.4, -0.2) is 60.3 Å². The van der Waals surface area contributed by atoms with Crippen LogP contribution in [0.5, 0.6) is 0 Å². The van der Waals surface area contributed by atoms with E-state index in [2.05, 4.69) is 25.1 Å². The lowest BCUT2D eigenvalue weighted by molar-refractivity contribution is 0.122. The molecule has 28 heavy (non-hydrogen) atoms. The van der Waals surface area contributed by atoms with E-state index in [0.717, 1.165) is 69.4 Å². The second-order valence-electron chi connectivity index (χ2n) is 7.30. The summed E-state index contributed by atoms with van der Waals surface area (Å²) >= 11 is 0. The minimum absolute atomic E-state index is 0.341. The van der Waals surface area contributed by atoms with Gasteiger partial charge in [0.1, 0.15) is 18.0 Å². The van der Waals surface area contributed by atoms with Crippen molar-refractivity contribution < 1.29 is 13.5 Å². The first-order valence-electron chi connectivity index (χ1n) is 9.75. The number of ether oxygens (including phenoxy) is 1.